The molecular weight excluding hydrogens is 470 g/mol. The Labute approximate surface area is 208 Å². The van der Waals surface area contributed by atoms with Crippen LogP contribution in [0, 0.1) is 0 Å². The Morgan fingerprint density at radius 3 is 2.29 bits per heavy atom. The Morgan fingerprint density at radius 1 is 0.971 bits per heavy atom. The monoisotopic (exact) mass is 495 g/mol. The minimum Gasteiger partial charge on any atom is -0.478 e. The number of anilines is 1. The molecule has 3 aromatic carbocycles. The van der Waals surface area contributed by atoms with Gasteiger partial charge in [0, 0.05) is 5.69 Å². The first kappa shape index (κ1) is 25.9. The third-order valence-electron chi connectivity index (χ3n) is 5.71. The fourth-order valence-electron chi connectivity index (χ4n) is 3.37. The van der Waals surface area contributed by atoms with Crippen LogP contribution < -0.4 is 4.90 Å². The normalized spacial score (nSPS) is 11.2. The van der Waals surface area contributed by atoms with Gasteiger partial charge in [0.1, 0.15) is 5.60 Å². The van der Waals surface area contributed by atoms with E-state index in [1.807, 2.05) is 49.4 Å². The van der Waals surface area contributed by atoms with Crippen LogP contribution in [0.15, 0.2) is 60.7 Å². The van der Waals surface area contributed by atoms with E-state index in [0.29, 0.717) is 12.1 Å². The average molecular weight is 496 g/mol. The molecule has 3 rings (SSSR count). The molecule has 1 amide bonds. The molecule has 0 heterocycles. The fraction of sp³-hybridized carbons (Fsp3) is 0.259. The topological polar surface area (TPSA) is 101 Å². The number of carbonyl (C=O) groups is 4. The summed E-state index contributed by atoms with van der Waals surface area (Å²) in [6.45, 7) is 5.25. The Morgan fingerprint density at radius 2 is 1.66 bits per heavy atom. The summed E-state index contributed by atoms with van der Waals surface area (Å²) in [5.74, 6) is -3.89. The summed E-state index contributed by atoms with van der Waals surface area (Å²) in [5.41, 5.74) is 0.127. The van der Waals surface area contributed by atoms with Crippen LogP contribution in [0.3, 0.4) is 0 Å². The molecule has 0 radical (unpaired) electrons. The Hall–Kier alpha value is -3.71. The van der Waals surface area contributed by atoms with Crippen LogP contribution in [0.25, 0.3) is 10.8 Å². The summed E-state index contributed by atoms with van der Waals surface area (Å²) >= 11 is 6.14. The van der Waals surface area contributed by atoms with E-state index in [1.165, 1.54) is 23.1 Å². The number of nitrogens with zero attached hydrogens (tertiary/aromatic N) is 1. The van der Waals surface area contributed by atoms with Gasteiger partial charge in [-0.25, -0.2) is 9.59 Å². The molecule has 7 nitrogen and oxygen atoms in total. The number of ether oxygens (including phenoxy) is 1. The highest BCUT2D eigenvalue weighted by Gasteiger charge is 2.29. The van der Waals surface area contributed by atoms with Crippen LogP contribution >= 0.6 is 11.6 Å². The number of carboxylic acids is 1. The number of hydrogen-bond acceptors (Lipinski definition) is 5. The lowest BCUT2D eigenvalue weighted by Crippen LogP contribution is -2.36. The lowest BCUT2D eigenvalue weighted by Gasteiger charge is -2.25. The smallest absolute Gasteiger partial charge is 0.375 e. The molecule has 0 fully saturated rings. The summed E-state index contributed by atoms with van der Waals surface area (Å²) in [6.07, 6.45) is -0.201. The molecule has 0 unspecified atom stereocenters. The van der Waals surface area contributed by atoms with Gasteiger partial charge in [0.05, 0.1) is 23.6 Å². The standard InChI is InChI=1S/C27H26ClNO6/c1-4-27(2,3)35-26(34)23(30)15-24(31)29(20-11-12-21(25(32)33)22(28)14-20)16-17-9-10-18-7-5-6-8-19(18)13-17/h5-14H,4,15-16H2,1-3H3,(H,32,33). The van der Waals surface area contributed by atoms with Gasteiger partial charge >= 0.3 is 11.9 Å². The third kappa shape index (κ3) is 6.45. The van der Waals surface area contributed by atoms with Crippen molar-refractivity contribution in [3.05, 3.63) is 76.8 Å². The van der Waals surface area contributed by atoms with Gasteiger partial charge in [-0.1, -0.05) is 54.9 Å². The molecule has 0 aromatic heterocycles. The molecule has 0 bridgehead atoms. The highest BCUT2D eigenvalue weighted by molar-refractivity contribution is 6.38. The Bertz CT molecular complexity index is 1300. The molecule has 0 aliphatic carbocycles. The zero-order valence-corrected chi connectivity index (χ0v) is 20.5. The highest BCUT2D eigenvalue weighted by atomic mass is 35.5. The fourth-order valence-corrected chi connectivity index (χ4v) is 3.63. The first-order chi connectivity index (χ1) is 16.5. The number of rotatable bonds is 9. The first-order valence-electron chi connectivity index (χ1n) is 11.1. The zero-order valence-electron chi connectivity index (χ0n) is 19.7. The van der Waals surface area contributed by atoms with E-state index in [0.717, 1.165) is 16.3 Å². The van der Waals surface area contributed by atoms with Crippen molar-refractivity contribution in [2.45, 2.75) is 45.8 Å². The van der Waals surface area contributed by atoms with E-state index < -0.39 is 35.7 Å². The molecule has 0 saturated carbocycles. The number of Topliss-reactive ketones (excluding diaryl/α,β-unsaturated/α-hetero) is 1. The maximum Gasteiger partial charge on any atom is 0.375 e. The average Bonchev–Trinajstić information content (AvgIpc) is 2.81. The molecule has 0 aliphatic rings. The number of esters is 1. The van der Waals surface area contributed by atoms with Crippen molar-refractivity contribution >= 4 is 51.7 Å². The summed E-state index contributed by atoms with van der Waals surface area (Å²) in [5, 5.41) is 11.2. The molecule has 8 heteroatoms. The minimum absolute atomic E-state index is 0.0539. The second-order valence-corrected chi connectivity index (χ2v) is 9.14. The van der Waals surface area contributed by atoms with Gasteiger partial charge in [-0.2, -0.15) is 0 Å². The molecule has 0 atom stereocenters. The van der Waals surface area contributed by atoms with Gasteiger partial charge in [-0.3, -0.25) is 9.59 Å². The van der Waals surface area contributed by atoms with Crippen LogP contribution in [0.2, 0.25) is 5.02 Å². The summed E-state index contributed by atoms with van der Waals surface area (Å²) in [7, 11) is 0. The van der Waals surface area contributed by atoms with E-state index in [9.17, 15) is 24.3 Å². The number of fused-ring (bicyclic) bond motifs is 1. The van der Waals surface area contributed by atoms with E-state index >= 15 is 0 Å². The van der Waals surface area contributed by atoms with Crippen molar-refractivity contribution in [2.24, 2.45) is 0 Å². The van der Waals surface area contributed by atoms with Gasteiger partial charge in [0.25, 0.3) is 0 Å². The molecule has 0 aliphatic heterocycles. The third-order valence-corrected chi connectivity index (χ3v) is 6.02. The van der Waals surface area contributed by atoms with Crippen LogP contribution in [0.5, 0.6) is 0 Å². The highest BCUT2D eigenvalue weighted by Crippen LogP contribution is 2.27. The summed E-state index contributed by atoms with van der Waals surface area (Å²) in [6, 6.07) is 17.5. The van der Waals surface area contributed by atoms with Crippen molar-refractivity contribution in [1.82, 2.24) is 0 Å². The number of hydrogen-bond donors (Lipinski definition) is 1. The predicted octanol–water partition coefficient (Wildman–Crippen LogP) is 5.42. The number of aromatic carboxylic acids is 1. The molecule has 3 aromatic rings. The first-order valence-corrected chi connectivity index (χ1v) is 11.5. The van der Waals surface area contributed by atoms with Crippen LogP contribution in [0.1, 0.15) is 49.5 Å². The van der Waals surface area contributed by atoms with E-state index in [-0.39, 0.29) is 17.1 Å². The minimum atomic E-state index is -1.20. The Balaban J connectivity index is 1.91. The van der Waals surface area contributed by atoms with Gasteiger partial charge < -0.3 is 14.7 Å². The quantitative estimate of drug-likeness (QED) is 0.242. The molecule has 35 heavy (non-hydrogen) atoms. The molecular formula is C27H26ClNO6. The second kappa shape index (κ2) is 10.7. The SMILES string of the molecule is CCC(C)(C)OC(=O)C(=O)CC(=O)N(Cc1ccc2ccccc2c1)c1ccc(C(=O)O)c(Cl)c1. The van der Waals surface area contributed by atoms with Gasteiger partial charge in [-0.15, -0.1) is 0 Å². The number of benzene rings is 3. The van der Waals surface area contributed by atoms with Crippen molar-refractivity contribution in [3.8, 4) is 0 Å². The van der Waals surface area contributed by atoms with Gasteiger partial charge in [-0.05, 0) is 60.9 Å². The van der Waals surface area contributed by atoms with Gasteiger partial charge in [0.2, 0.25) is 11.7 Å². The largest absolute Gasteiger partial charge is 0.478 e. The van der Waals surface area contributed by atoms with Crippen LogP contribution in [-0.4, -0.2) is 34.3 Å². The molecule has 1 N–H and O–H groups in total. The number of carbonyl (C=O) groups excluding carboxylic acids is 3. The molecule has 182 valence electrons. The van der Waals surface area contributed by atoms with Crippen LogP contribution in [-0.2, 0) is 25.7 Å². The second-order valence-electron chi connectivity index (χ2n) is 8.73. The van der Waals surface area contributed by atoms with E-state index in [4.69, 9.17) is 16.3 Å². The van der Waals surface area contributed by atoms with E-state index in [1.54, 1.807) is 13.8 Å². The molecule has 0 spiro atoms. The summed E-state index contributed by atoms with van der Waals surface area (Å²) < 4.78 is 5.22. The maximum atomic E-state index is 13.2. The van der Waals surface area contributed by atoms with Gasteiger partial charge in [0.15, 0.2) is 0 Å². The number of carboxylic acid groups (broad SMARTS) is 1. The number of ketones is 1. The number of amides is 1. The lowest BCUT2D eigenvalue weighted by atomic mass is 10.1. The maximum absolute atomic E-state index is 13.2. The van der Waals surface area contributed by atoms with Crippen LogP contribution in [0.4, 0.5) is 5.69 Å². The zero-order chi connectivity index (χ0) is 25.8. The molecule has 0 saturated heterocycles. The summed E-state index contributed by atoms with van der Waals surface area (Å²) in [4.78, 5) is 50.6. The Kier molecular flexibility index (Phi) is 7.92. The van der Waals surface area contributed by atoms with Crippen molar-refractivity contribution in [3.63, 3.8) is 0 Å². The van der Waals surface area contributed by atoms with E-state index in [2.05, 4.69) is 0 Å². The van der Waals surface area contributed by atoms with Crippen molar-refractivity contribution in [2.75, 3.05) is 4.90 Å². The van der Waals surface area contributed by atoms with Crippen molar-refractivity contribution in [1.29, 1.82) is 0 Å². The predicted molar refractivity (Wildman–Crippen MR) is 134 cm³/mol. The lowest BCUT2D eigenvalue weighted by molar-refractivity contribution is -0.164. The number of halogens is 1. The van der Waals surface area contributed by atoms with Crippen molar-refractivity contribution < 1.29 is 29.0 Å².